The molecule has 1 fully saturated rings. The third-order valence-corrected chi connectivity index (χ3v) is 6.43. The minimum Gasteiger partial charge on any atom is -0.281 e. The maximum atomic E-state index is 12.0. The van der Waals surface area contributed by atoms with Crippen molar-refractivity contribution in [1.29, 1.82) is 5.26 Å². The molecule has 1 aromatic rings. The van der Waals surface area contributed by atoms with Crippen LogP contribution < -0.4 is 0 Å². The molecule has 0 N–H and O–H groups in total. The fourth-order valence-corrected chi connectivity index (χ4v) is 4.69. The topological polar surface area (TPSA) is 64.4 Å². The van der Waals surface area contributed by atoms with Crippen molar-refractivity contribution in [2.75, 3.05) is 31.9 Å². The lowest BCUT2D eigenvalue weighted by molar-refractivity contribution is 0.164. The van der Waals surface area contributed by atoms with Crippen LogP contribution in [0.3, 0.4) is 0 Å². The van der Waals surface area contributed by atoms with E-state index in [1.807, 2.05) is 24.4 Å². The number of rotatable bonds is 5. The summed E-state index contributed by atoms with van der Waals surface area (Å²) < 4.78 is 25.6. The van der Waals surface area contributed by atoms with Crippen LogP contribution in [0.15, 0.2) is 17.5 Å². The molecule has 1 unspecified atom stereocenters. The van der Waals surface area contributed by atoms with E-state index in [2.05, 4.69) is 11.0 Å². The summed E-state index contributed by atoms with van der Waals surface area (Å²) in [6.45, 7) is 4.05. The lowest BCUT2D eigenvalue weighted by Crippen LogP contribution is -2.49. The highest BCUT2D eigenvalue weighted by Gasteiger charge is 2.30. The number of nitrogens with zero attached hydrogens (tertiary/aromatic N) is 3. The molecular formula is C13H19N3O2S2. The van der Waals surface area contributed by atoms with Crippen molar-refractivity contribution in [3.63, 3.8) is 0 Å². The summed E-state index contributed by atoms with van der Waals surface area (Å²) in [6, 6.07) is 5.96. The number of sulfonamides is 1. The fourth-order valence-electron chi connectivity index (χ4n) is 2.40. The van der Waals surface area contributed by atoms with E-state index in [9.17, 15) is 13.7 Å². The SMILES string of the molecule is CCCS(=O)(=O)N1CCN(C(C#N)c2cccs2)CC1. The zero-order chi connectivity index (χ0) is 14.6. The number of thiophene rings is 1. The Labute approximate surface area is 124 Å². The largest absolute Gasteiger partial charge is 0.281 e. The van der Waals surface area contributed by atoms with Gasteiger partial charge in [0.2, 0.25) is 10.0 Å². The van der Waals surface area contributed by atoms with Gasteiger partial charge in [-0.25, -0.2) is 8.42 Å². The highest BCUT2D eigenvalue weighted by molar-refractivity contribution is 7.89. The second kappa shape index (κ2) is 6.68. The lowest BCUT2D eigenvalue weighted by atomic mass is 10.2. The van der Waals surface area contributed by atoms with Crippen LogP contribution in [0.1, 0.15) is 24.3 Å². The standard InChI is InChI=1S/C13H19N3O2S2/c1-2-10-20(17,18)16-7-5-15(6-8-16)12(11-14)13-4-3-9-19-13/h3-4,9,12H,2,5-8,10H2,1H3. The highest BCUT2D eigenvalue weighted by Crippen LogP contribution is 2.25. The quantitative estimate of drug-likeness (QED) is 0.829. The second-order valence-corrected chi connectivity index (χ2v) is 7.87. The summed E-state index contributed by atoms with van der Waals surface area (Å²) in [6.07, 6.45) is 0.637. The van der Waals surface area contributed by atoms with Crippen LogP contribution in [0.5, 0.6) is 0 Å². The molecule has 0 amide bonds. The van der Waals surface area contributed by atoms with E-state index in [0.29, 0.717) is 32.6 Å². The number of hydrogen-bond acceptors (Lipinski definition) is 5. The van der Waals surface area contributed by atoms with Crippen LogP contribution in [-0.2, 0) is 10.0 Å². The Balaban J connectivity index is 1.99. The van der Waals surface area contributed by atoms with Gasteiger partial charge in [-0.1, -0.05) is 13.0 Å². The smallest absolute Gasteiger partial charge is 0.214 e. The first-order valence-electron chi connectivity index (χ1n) is 6.73. The molecule has 7 heteroatoms. The molecule has 1 saturated heterocycles. The molecule has 2 rings (SSSR count). The summed E-state index contributed by atoms with van der Waals surface area (Å²) in [5, 5.41) is 11.3. The number of hydrogen-bond donors (Lipinski definition) is 0. The van der Waals surface area contributed by atoms with E-state index in [1.165, 1.54) is 0 Å². The van der Waals surface area contributed by atoms with Gasteiger partial charge in [-0.15, -0.1) is 11.3 Å². The van der Waals surface area contributed by atoms with Gasteiger partial charge >= 0.3 is 0 Å². The third kappa shape index (κ3) is 3.38. The summed E-state index contributed by atoms with van der Waals surface area (Å²) in [7, 11) is -3.12. The Morgan fingerprint density at radius 1 is 1.40 bits per heavy atom. The van der Waals surface area contributed by atoms with Gasteiger partial charge in [0.1, 0.15) is 6.04 Å². The lowest BCUT2D eigenvalue weighted by Gasteiger charge is -2.35. The van der Waals surface area contributed by atoms with Crippen molar-refractivity contribution >= 4 is 21.4 Å². The Kier molecular flexibility index (Phi) is 5.16. The molecule has 0 aromatic carbocycles. The van der Waals surface area contributed by atoms with Crippen LogP contribution in [-0.4, -0.2) is 49.6 Å². The molecule has 0 radical (unpaired) electrons. The van der Waals surface area contributed by atoms with Gasteiger partial charge in [0, 0.05) is 31.1 Å². The summed E-state index contributed by atoms with van der Waals surface area (Å²) in [5.74, 6) is 0.208. The number of piperazine rings is 1. The molecule has 1 atom stereocenters. The Bertz CT molecular complexity index is 555. The zero-order valence-corrected chi connectivity index (χ0v) is 13.2. The molecule has 0 aliphatic carbocycles. The van der Waals surface area contributed by atoms with Crippen LogP contribution in [0.25, 0.3) is 0 Å². The van der Waals surface area contributed by atoms with Gasteiger partial charge in [-0.05, 0) is 17.9 Å². The van der Waals surface area contributed by atoms with Gasteiger partial charge < -0.3 is 0 Å². The van der Waals surface area contributed by atoms with E-state index in [4.69, 9.17) is 0 Å². The first kappa shape index (κ1) is 15.4. The van der Waals surface area contributed by atoms with Crippen LogP contribution in [0.4, 0.5) is 0 Å². The molecular weight excluding hydrogens is 294 g/mol. The van der Waals surface area contributed by atoms with Crippen molar-refractivity contribution in [3.05, 3.63) is 22.4 Å². The predicted molar refractivity (Wildman–Crippen MR) is 79.9 cm³/mol. The molecule has 1 aliphatic rings. The van der Waals surface area contributed by atoms with E-state index in [0.717, 1.165) is 4.88 Å². The normalized spacial score (nSPS) is 19.6. The summed E-state index contributed by atoms with van der Waals surface area (Å²) in [5.41, 5.74) is 0. The molecule has 2 heterocycles. The van der Waals surface area contributed by atoms with E-state index >= 15 is 0 Å². The minimum atomic E-state index is -3.12. The van der Waals surface area contributed by atoms with Gasteiger partial charge in [0.15, 0.2) is 0 Å². The monoisotopic (exact) mass is 313 g/mol. The predicted octanol–water partition coefficient (Wildman–Crippen LogP) is 1.67. The van der Waals surface area contributed by atoms with Crippen molar-refractivity contribution in [3.8, 4) is 6.07 Å². The van der Waals surface area contributed by atoms with Crippen molar-refractivity contribution in [2.24, 2.45) is 0 Å². The second-order valence-electron chi connectivity index (χ2n) is 4.80. The Hall–Kier alpha value is -0.940. The van der Waals surface area contributed by atoms with E-state index < -0.39 is 10.0 Å². The van der Waals surface area contributed by atoms with E-state index in [1.54, 1.807) is 15.6 Å². The first-order chi connectivity index (χ1) is 9.58. The average molecular weight is 313 g/mol. The average Bonchev–Trinajstić information content (AvgIpc) is 2.94. The van der Waals surface area contributed by atoms with E-state index in [-0.39, 0.29) is 11.8 Å². The molecule has 5 nitrogen and oxygen atoms in total. The summed E-state index contributed by atoms with van der Waals surface area (Å²) in [4.78, 5) is 3.08. The minimum absolute atomic E-state index is 0.208. The van der Waals surface area contributed by atoms with Crippen LogP contribution in [0.2, 0.25) is 0 Å². The van der Waals surface area contributed by atoms with Gasteiger partial charge in [0.05, 0.1) is 11.8 Å². The third-order valence-electron chi connectivity index (χ3n) is 3.43. The van der Waals surface area contributed by atoms with Gasteiger partial charge in [0.25, 0.3) is 0 Å². The Morgan fingerprint density at radius 3 is 2.60 bits per heavy atom. The molecule has 0 saturated carbocycles. The molecule has 0 bridgehead atoms. The van der Waals surface area contributed by atoms with Gasteiger partial charge in [-0.2, -0.15) is 9.57 Å². The van der Waals surface area contributed by atoms with Crippen molar-refractivity contribution in [1.82, 2.24) is 9.21 Å². The first-order valence-corrected chi connectivity index (χ1v) is 9.22. The zero-order valence-electron chi connectivity index (χ0n) is 11.5. The maximum absolute atomic E-state index is 12.0. The molecule has 20 heavy (non-hydrogen) atoms. The molecule has 0 spiro atoms. The molecule has 110 valence electrons. The maximum Gasteiger partial charge on any atom is 0.214 e. The number of nitriles is 1. The van der Waals surface area contributed by atoms with Crippen LogP contribution in [0, 0.1) is 11.3 Å². The highest BCUT2D eigenvalue weighted by atomic mass is 32.2. The molecule has 1 aromatic heterocycles. The summed E-state index contributed by atoms with van der Waals surface area (Å²) >= 11 is 1.57. The van der Waals surface area contributed by atoms with Gasteiger partial charge in [-0.3, -0.25) is 4.90 Å². The molecule has 1 aliphatic heterocycles. The van der Waals surface area contributed by atoms with Crippen LogP contribution >= 0.6 is 11.3 Å². The Morgan fingerprint density at radius 2 is 2.10 bits per heavy atom. The van der Waals surface area contributed by atoms with Crippen molar-refractivity contribution < 1.29 is 8.42 Å². The fraction of sp³-hybridized carbons (Fsp3) is 0.615. The van der Waals surface area contributed by atoms with Crippen molar-refractivity contribution in [2.45, 2.75) is 19.4 Å².